The largest absolute Gasteiger partial charge is 0.496 e. The van der Waals surface area contributed by atoms with E-state index in [0.717, 1.165) is 17.5 Å². The number of para-hydroxylation sites is 1. The summed E-state index contributed by atoms with van der Waals surface area (Å²) in [7, 11) is 3.28. The molecule has 1 aromatic carbocycles. The summed E-state index contributed by atoms with van der Waals surface area (Å²) in [5.41, 5.74) is 0.925. The van der Waals surface area contributed by atoms with E-state index in [9.17, 15) is 4.39 Å². The Hall–Kier alpha value is -2.37. The number of aromatic nitrogens is 2. The van der Waals surface area contributed by atoms with Crippen LogP contribution in [0.5, 0.6) is 5.75 Å². The summed E-state index contributed by atoms with van der Waals surface area (Å²) in [5, 5.41) is 5.69. The van der Waals surface area contributed by atoms with Gasteiger partial charge in [0, 0.05) is 19.2 Å². The van der Waals surface area contributed by atoms with Crippen LogP contribution < -0.4 is 15.4 Å². The fourth-order valence-electron chi connectivity index (χ4n) is 1.64. The molecule has 2 aromatic rings. The summed E-state index contributed by atoms with van der Waals surface area (Å²) in [4.78, 5) is 7.80. The normalized spacial score (nSPS) is 10.1. The lowest BCUT2D eigenvalue weighted by Gasteiger charge is -2.10. The average Bonchev–Trinajstić information content (AvgIpc) is 2.46. The highest BCUT2D eigenvalue weighted by Crippen LogP contribution is 2.19. The molecule has 6 heteroatoms. The fraction of sp³-hybridized carbons (Fsp3) is 0.231. The fourth-order valence-corrected chi connectivity index (χ4v) is 1.64. The van der Waals surface area contributed by atoms with Gasteiger partial charge in [0.1, 0.15) is 5.75 Å². The highest BCUT2D eigenvalue weighted by Gasteiger charge is 2.07. The molecule has 2 N–H and O–H groups in total. The lowest BCUT2D eigenvalue weighted by molar-refractivity contribution is 0.410. The molecule has 0 aliphatic heterocycles. The summed E-state index contributed by atoms with van der Waals surface area (Å²) in [6, 6.07) is 7.54. The Morgan fingerprint density at radius 3 is 2.84 bits per heavy atom. The Kier molecular flexibility index (Phi) is 4.12. The van der Waals surface area contributed by atoms with E-state index in [1.54, 1.807) is 14.2 Å². The Morgan fingerprint density at radius 2 is 2.11 bits per heavy atom. The molecule has 0 fully saturated rings. The van der Waals surface area contributed by atoms with Crippen LogP contribution in [0.1, 0.15) is 5.56 Å². The van der Waals surface area contributed by atoms with Gasteiger partial charge in [-0.05, 0) is 6.07 Å². The van der Waals surface area contributed by atoms with Gasteiger partial charge in [0.25, 0.3) is 0 Å². The second-order valence-electron chi connectivity index (χ2n) is 3.81. The van der Waals surface area contributed by atoms with E-state index in [0.29, 0.717) is 12.5 Å². The summed E-state index contributed by atoms with van der Waals surface area (Å²) >= 11 is 0. The summed E-state index contributed by atoms with van der Waals surface area (Å²) in [6.07, 6.45) is 1.13. The van der Waals surface area contributed by atoms with Gasteiger partial charge in [-0.15, -0.1) is 0 Å². The highest BCUT2D eigenvalue weighted by molar-refractivity contribution is 5.43. The van der Waals surface area contributed by atoms with Crippen molar-refractivity contribution in [3.63, 3.8) is 0 Å². The first-order valence-corrected chi connectivity index (χ1v) is 5.80. The first-order valence-electron chi connectivity index (χ1n) is 5.80. The number of ether oxygens (including phenoxy) is 1. The topological polar surface area (TPSA) is 59.1 Å². The molecule has 0 aliphatic carbocycles. The molecule has 0 spiro atoms. The molecule has 0 saturated heterocycles. The monoisotopic (exact) mass is 262 g/mol. The van der Waals surface area contributed by atoms with Gasteiger partial charge in [-0.25, -0.2) is 9.37 Å². The first kappa shape index (κ1) is 13.1. The molecule has 0 radical (unpaired) electrons. The molecule has 5 nitrogen and oxygen atoms in total. The van der Waals surface area contributed by atoms with Crippen molar-refractivity contribution in [3.8, 4) is 5.75 Å². The van der Waals surface area contributed by atoms with E-state index in [4.69, 9.17) is 4.74 Å². The summed E-state index contributed by atoms with van der Waals surface area (Å²) in [6.45, 7) is 0.418. The van der Waals surface area contributed by atoms with Crippen molar-refractivity contribution in [2.24, 2.45) is 0 Å². The van der Waals surface area contributed by atoms with Crippen LogP contribution in [0.2, 0.25) is 0 Å². The lowest BCUT2D eigenvalue weighted by atomic mass is 10.2. The molecular formula is C13H15FN4O. The molecule has 100 valence electrons. The number of benzene rings is 1. The number of halogens is 1. The third-order valence-corrected chi connectivity index (χ3v) is 2.61. The maximum atomic E-state index is 13.5. The van der Waals surface area contributed by atoms with Crippen molar-refractivity contribution in [1.29, 1.82) is 0 Å². The van der Waals surface area contributed by atoms with Gasteiger partial charge >= 0.3 is 0 Å². The van der Waals surface area contributed by atoms with Crippen LogP contribution in [0.25, 0.3) is 0 Å². The van der Waals surface area contributed by atoms with Crippen LogP contribution >= 0.6 is 0 Å². The zero-order valence-electron chi connectivity index (χ0n) is 10.8. The number of nitrogens with one attached hydrogen (secondary N) is 2. The maximum absolute atomic E-state index is 13.5. The molecule has 19 heavy (non-hydrogen) atoms. The Labute approximate surface area is 110 Å². The summed E-state index contributed by atoms with van der Waals surface area (Å²) in [5.74, 6) is 0.779. The van der Waals surface area contributed by atoms with E-state index < -0.39 is 5.82 Å². The van der Waals surface area contributed by atoms with Crippen molar-refractivity contribution >= 4 is 11.8 Å². The summed E-state index contributed by atoms with van der Waals surface area (Å²) < 4.78 is 18.8. The molecule has 0 unspecified atom stereocenters. The minimum atomic E-state index is -0.492. The van der Waals surface area contributed by atoms with Gasteiger partial charge in [-0.1, -0.05) is 18.2 Å². The molecule has 0 amide bonds. The number of nitrogens with zero attached hydrogens (tertiary/aromatic N) is 2. The second-order valence-corrected chi connectivity index (χ2v) is 3.81. The average molecular weight is 262 g/mol. The smallest absolute Gasteiger partial charge is 0.224 e. The SMILES string of the molecule is CNc1ncc(F)c(NCc2ccccc2OC)n1. The van der Waals surface area contributed by atoms with Gasteiger partial charge in [0.15, 0.2) is 11.6 Å². The predicted octanol–water partition coefficient (Wildman–Crippen LogP) is 2.28. The van der Waals surface area contributed by atoms with Gasteiger partial charge in [0.05, 0.1) is 13.3 Å². The number of methoxy groups -OCH3 is 1. The minimum absolute atomic E-state index is 0.158. The highest BCUT2D eigenvalue weighted by atomic mass is 19.1. The number of rotatable bonds is 5. The molecule has 0 bridgehead atoms. The Bertz CT molecular complexity index is 562. The maximum Gasteiger partial charge on any atom is 0.224 e. The minimum Gasteiger partial charge on any atom is -0.496 e. The lowest BCUT2D eigenvalue weighted by Crippen LogP contribution is -2.07. The van der Waals surface area contributed by atoms with Gasteiger partial charge in [0.2, 0.25) is 5.95 Å². The Balaban J connectivity index is 2.14. The zero-order chi connectivity index (χ0) is 13.7. The van der Waals surface area contributed by atoms with Crippen LogP contribution in [0.3, 0.4) is 0 Å². The van der Waals surface area contributed by atoms with Crippen LogP contribution in [-0.4, -0.2) is 24.1 Å². The van der Waals surface area contributed by atoms with Crippen LogP contribution in [0.15, 0.2) is 30.5 Å². The molecule has 0 aliphatic rings. The van der Waals surface area contributed by atoms with E-state index in [2.05, 4.69) is 20.6 Å². The van der Waals surface area contributed by atoms with Crippen molar-refractivity contribution in [2.45, 2.75) is 6.54 Å². The van der Waals surface area contributed by atoms with Crippen LogP contribution in [0, 0.1) is 5.82 Å². The van der Waals surface area contributed by atoms with E-state index in [-0.39, 0.29) is 5.82 Å². The Morgan fingerprint density at radius 1 is 1.32 bits per heavy atom. The predicted molar refractivity (Wildman–Crippen MR) is 71.9 cm³/mol. The second kappa shape index (κ2) is 5.99. The van der Waals surface area contributed by atoms with Crippen molar-refractivity contribution in [2.75, 3.05) is 24.8 Å². The van der Waals surface area contributed by atoms with E-state index in [1.807, 2.05) is 24.3 Å². The zero-order valence-corrected chi connectivity index (χ0v) is 10.8. The molecule has 1 aromatic heterocycles. The first-order chi connectivity index (χ1) is 9.24. The third kappa shape index (κ3) is 3.09. The quantitative estimate of drug-likeness (QED) is 0.865. The standard InChI is InChI=1S/C13H15FN4O/c1-15-13-17-8-10(14)12(18-13)16-7-9-5-3-4-6-11(9)19-2/h3-6,8H,7H2,1-2H3,(H2,15,16,17,18). The van der Waals surface area contributed by atoms with Gasteiger partial charge in [-0.2, -0.15) is 4.98 Å². The molecule has 0 atom stereocenters. The van der Waals surface area contributed by atoms with Crippen molar-refractivity contribution in [1.82, 2.24) is 9.97 Å². The number of hydrogen-bond donors (Lipinski definition) is 2. The number of hydrogen-bond acceptors (Lipinski definition) is 5. The molecule has 0 saturated carbocycles. The molecular weight excluding hydrogens is 247 g/mol. The number of anilines is 2. The van der Waals surface area contributed by atoms with Gasteiger partial charge < -0.3 is 15.4 Å². The third-order valence-electron chi connectivity index (χ3n) is 2.61. The van der Waals surface area contributed by atoms with Crippen molar-refractivity contribution in [3.05, 3.63) is 41.8 Å². The molecule has 1 heterocycles. The van der Waals surface area contributed by atoms with E-state index in [1.165, 1.54) is 0 Å². The van der Waals surface area contributed by atoms with Gasteiger partial charge in [-0.3, -0.25) is 0 Å². The van der Waals surface area contributed by atoms with E-state index >= 15 is 0 Å². The molecule has 2 rings (SSSR count). The van der Waals surface area contributed by atoms with Crippen molar-refractivity contribution < 1.29 is 9.13 Å². The van der Waals surface area contributed by atoms with Crippen LogP contribution in [-0.2, 0) is 6.54 Å². The van der Waals surface area contributed by atoms with Crippen LogP contribution in [0.4, 0.5) is 16.2 Å².